The van der Waals surface area contributed by atoms with Gasteiger partial charge in [-0.05, 0) is 68.3 Å². The lowest BCUT2D eigenvalue weighted by Crippen LogP contribution is -2.55. The lowest BCUT2D eigenvalue weighted by atomic mass is 9.79. The SMILES string of the molecule is O=C(Nc1cccc(Br)c1)OC1CC2CC1[C@H]1CCCCN1[C@H]2Cc1ccccc1. The highest BCUT2D eigenvalue weighted by Crippen LogP contribution is 2.49. The molecule has 0 radical (unpaired) electrons. The average molecular weight is 469 g/mol. The third-order valence-corrected chi connectivity index (χ3v) is 7.75. The summed E-state index contributed by atoms with van der Waals surface area (Å²) in [5, 5.41) is 2.91. The first-order valence-corrected chi connectivity index (χ1v) is 12.0. The zero-order valence-electron chi connectivity index (χ0n) is 17.2. The Morgan fingerprint density at radius 1 is 1.10 bits per heavy atom. The fourth-order valence-electron chi connectivity index (χ4n) is 6.04. The number of hydrogen-bond donors (Lipinski definition) is 1. The molecule has 2 aromatic carbocycles. The summed E-state index contributed by atoms with van der Waals surface area (Å²) in [6.45, 7) is 1.19. The molecule has 5 heteroatoms. The molecule has 3 unspecified atom stereocenters. The molecule has 0 aromatic heterocycles. The monoisotopic (exact) mass is 468 g/mol. The Labute approximate surface area is 187 Å². The van der Waals surface area contributed by atoms with Crippen LogP contribution in [0.2, 0.25) is 0 Å². The van der Waals surface area contributed by atoms with Crippen LogP contribution in [0, 0.1) is 11.8 Å². The molecule has 158 valence electrons. The number of fused-ring (bicyclic) bond motifs is 4. The molecular formula is C25H29BrN2O2. The second kappa shape index (κ2) is 8.72. The normalized spacial score (nSPS) is 30.5. The van der Waals surface area contributed by atoms with E-state index in [0.717, 1.165) is 23.0 Å². The molecule has 1 amide bonds. The largest absolute Gasteiger partial charge is 0.446 e. The van der Waals surface area contributed by atoms with Crippen molar-refractivity contribution in [2.24, 2.45) is 11.8 Å². The number of carbonyl (C=O) groups excluding carboxylic acids is 1. The van der Waals surface area contributed by atoms with Gasteiger partial charge in [0.15, 0.2) is 0 Å². The molecule has 2 aromatic rings. The van der Waals surface area contributed by atoms with Gasteiger partial charge in [-0.1, -0.05) is 58.7 Å². The minimum Gasteiger partial charge on any atom is -0.446 e. The number of rotatable bonds is 4. The maximum absolute atomic E-state index is 12.6. The molecule has 5 rings (SSSR count). The van der Waals surface area contributed by atoms with Crippen LogP contribution in [0.5, 0.6) is 0 Å². The van der Waals surface area contributed by atoms with Crippen molar-refractivity contribution in [3.8, 4) is 0 Å². The highest BCUT2D eigenvalue weighted by atomic mass is 79.9. The second-order valence-corrected chi connectivity index (χ2v) is 9.95. The van der Waals surface area contributed by atoms with E-state index < -0.39 is 0 Å². The molecule has 2 heterocycles. The van der Waals surface area contributed by atoms with E-state index in [1.54, 1.807) is 0 Å². The van der Waals surface area contributed by atoms with Crippen LogP contribution in [-0.4, -0.2) is 35.7 Å². The first-order chi connectivity index (χ1) is 14.7. The molecule has 30 heavy (non-hydrogen) atoms. The summed E-state index contributed by atoms with van der Waals surface area (Å²) >= 11 is 3.45. The number of ether oxygens (including phenoxy) is 1. The number of hydrogen-bond acceptors (Lipinski definition) is 3. The zero-order chi connectivity index (χ0) is 20.5. The summed E-state index contributed by atoms with van der Waals surface area (Å²) in [6.07, 6.45) is 6.78. The Kier molecular flexibility index (Phi) is 5.83. The summed E-state index contributed by atoms with van der Waals surface area (Å²) in [4.78, 5) is 15.4. The quantitative estimate of drug-likeness (QED) is 0.609. The van der Waals surface area contributed by atoms with Gasteiger partial charge in [0, 0.05) is 28.2 Å². The summed E-state index contributed by atoms with van der Waals surface area (Å²) < 4.78 is 6.97. The van der Waals surface area contributed by atoms with Crippen molar-refractivity contribution in [1.29, 1.82) is 0 Å². The van der Waals surface area contributed by atoms with Gasteiger partial charge in [0.05, 0.1) is 0 Å². The van der Waals surface area contributed by atoms with Crippen LogP contribution in [0.25, 0.3) is 0 Å². The molecule has 1 aliphatic carbocycles. The van der Waals surface area contributed by atoms with Crippen LogP contribution >= 0.6 is 15.9 Å². The van der Waals surface area contributed by atoms with Gasteiger partial charge in [-0.25, -0.2) is 4.79 Å². The maximum atomic E-state index is 12.6. The van der Waals surface area contributed by atoms with Crippen LogP contribution < -0.4 is 5.32 Å². The van der Waals surface area contributed by atoms with E-state index in [2.05, 4.69) is 56.5 Å². The molecule has 3 aliphatic rings. The first-order valence-electron chi connectivity index (χ1n) is 11.2. The number of anilines is 1. The summed E-state index contributed by atoms with van der Waals surface area (Å²) in [5.41, 5.74) is 2.18. The topological polar surface area (TPSA) is 41.6 Å². The van der Waals surface area contributed by atoms with Crippen molar-refractivity contribution >= 4 is 27.7 Å². The van der Waals surface area contributed by atoms with Gasteiger partial charge in [-0.3, -0.25) is 10.2 Å². The molecular weight excluding hydrogens is 440 g/mol. The lowest BCUT2D eigenvalue weighted by molar-refractivity contribution is -0.0144. The predicted octanol–water partition coefficient (Wildman–Crippen LogP) is 5.87. The van der Waals surface area contributed by atoms with E-state index in [-0.39, 0.29) is 12.2 Å². The molecule has 3 fully saturated rings. The van der Waals surface area contributed by atoms with Crippen LogP contribution in [0.4, 0.5) is 10.5 Å². The average Bonchev–Trinajstić information content (AvgIpc) is 3.11. The Balaban J connectivity index is 1.30. The van der Waals surface area contributed by atoms with Gasteiger partial charge in [-0.15, -0.1) is 0 Å². The lowest BCUT2D eigenvalue weighted by Gasteiger charge is -2.49. The van der Waals surface area contributed by atoms with E-state index in [1.807, 2.05) is 24.3 Å². The number of nitrogens with zero attached hydrogens (tertiary/aromatic N) is 1. The molecule has 1 saturated carbocycles. The van der Waals surface area contributed by atoms with Crippen molar-refractivity contribution in [3.63, 3.8) is 0 Å². The molecule has 1 N–H and O–H groups in total. The highest BCUT2D eigenvalue weighted by molar-refractivity contribution is 9.10. The van der Waals surface area contributed by atoms with Gasteiger partial charge >= 0.3 is 6.09 Å². The van der Waals surface area contributed by atoms with Crippen molar-refractivity contribution in [2.45, 2.75) is 56.7 Å². The van der Waals surface area contributed by atoms with Crippen molar-refractivity contribution in [1.82, 2.24) is 4.90 Å². The minimum atomic E-state index is -0.326. The van der Waals surface area contributed by atoms with Crippen LogP contribution in [0.3, 0.4) is 0 Å². The van der Waals surface area contributed by atoms with Crippen molar-refractivity contribution in [2.75, 3.05) is 11.9 Å². The van der Waals surface area contributed by atoms with Crippen LogP contribution in [0.1, 0.15) is 37.7 Å². The third-order valence-electron chi connectivity index (χ3n) is 7.26. The molecule has 5 atom stereocenters. The first kappa shape index (κ1) is 20.1. The number of amides is 1. The number of halogens is 1. The van der Waals surface area contributed by atoms with E-state index in [1.165, 1.54) is 37.8 Å². The Hall–Kier alpha value is -1.85. The summed E-state index contributed by atoms with van der Waals surface area (Å²) in [5.74, 6) is 1.07. The predicted molar refractivity (Wildman–Crippen MR) is 123 cm³/mol. The van der Waals surface area contributed by atoms with Gasteiger partial charge in [0.1, 0.15) is 6.10 Å². The van der Waals surface area contributed by atoms with Gasteiger partial charge in [0.25, 0.3) is 0 Å². The second-order valence-electron chi connectivity index (χ2n) is 9.03. The Bertz CT molecular complexity index is 890. The van der Waals surface area contributed by atoms with Crippen LogP contribution in [-0.2, 0) is 11.2 Å². The van der Waals surface area contributed by atoms with Crippen molar-refractivity contribution < 1.29 is 9.53 Å². The van der Waals surface area contributed by atoms with E-state index >= 15 is 0 Å². The fraction of sp³-hybridized carbons (Fsp3) is 0.480. The molecule has 2 bridgehead atoms. The zero-order valence-corrected chi connectivity index (χ0v) is 18.8. The third kappa shape index (κ3) is 4.15. The maximum Gasteiger partial charge on any atom is 0.411 e. The number of nitrogens with one attached hydrogen (secondary N) is 1. The standard InChI is InChI=1S/C25H29BrN2O2/c26-19-9-6-10-20(16-19)27-25(29)30-24-15-18-14-21(24)22-11-4-5-12-28(22)23(18)13-17-7-2-1-3-8-17/h1-3,6-10,16,18,21-24H,4-5,11-15H2,(H,27,29)/t18?,21?,22-,23+,24?/m1/s1. The van der Waals surface area contributed by atoms with Gasteiger partial charge in [-0.2, -0.15) is 0 Å². The van der Waals surface area contributed by atoms with Gasteiger partial charge in [0.2, 0.25) is 0 Å². The minimum absolute atomic E-state index is 0.0218. The summed E-state index contributed by atoms with van der Waals surface area (Å²) in [7, 11) is 0. The van der Waals surface area contributed by atoms with Crippen molar-refractivity contribution in [3.05, 3.63) is 64.6 Å². The molecule has 2 saturated heterocycles. The number of piperidine rings is 2. The Morgan fingerprint density at radius 2 is 1.97 bits per heavy atom. The van der Waals surface area contributed by atoms with Gasteiger partial charge < -0.3 is 4.74 Å². The summed E-state index contributed by atoms with van der Waals surface area (Å²) in [6, 6.07) is 19.6. The molecule has 2 aliphatic heterocycles. The van der Waals surface area contributed by atoms with E-state index in [4.69, 9.17) is 4.74 Å². The number of carbonyl (C=O) groups is 1. The highest BCUT2D eigenvalue weighted by Gasteiger charge is 2.52. The molecule has 4 nitrogen and oxygen atoms in total. The fourth-order valence-corrected chi connectivity index (χ4v) is 6.44. The smallest absolute Gasteiger partial charge is 0.411 e. The number of benzene rings is 2. The Morgan fingerprint density at radius 3 is 2.80 bits per heavy atom. The van der Waals surface area contributed by atoms with Crippen LogP contribution in [0.15, 0.2) is 59.1 Å². The molecule has 0 spiro atoms. The van der Waals surface area contributed by atoms with E-state index in [0.29, 0.717) is 23.9 Å². The van der Waals surface area contributed by atoms with E-state index in [9.17, 15) is 4.79 Å².